The second kappa shape index (κ2) is 24.5. The van der Waals surface area contributed by atoms with E-state index in [1.165, 1.54) is 6.92 Å². The number of carbonyl (C=O) groups is 7. The van der Waals surface area contributed by atoms with E-state index in [0.717, 1.165) is 46.0 Å². The Balaban J connectivity index is 1.34. The number of fused-ring (bicyclic) bond motifs is 3. The molecule has 9 N–H and O–H groups in total. The van der Waals surface area contributed by atoms with Crippen LogP contribution in [0, 0.1) is 17.8 Å². The van der Waals surface area contributed by atoms with E-state index in [-0.39, 0.29) is 25.2 Å². The molecule has 1 aromatic heterocycles. The van der Waals surface area contributed by atoms with Crippen molar-refractivity contribution in [2.45, 2.75) is 136 Å². The van der Waals surface area contributed by atoms with Gasteiger partial charge in [-0.15, -0.1) is 0 Å². The molecule has 0 spiro atoms. The van der Waals surface area contributed by atoms with Gasteiger partial charge in [-0.1, -0.05) is 121 Å². The molecular weight excluding hydrogens is 867 g/mol. The molecule has 68 heavy (non-hydrogen) atoms. The first kappa shape index (κ1) is 52.4. The largest absolute Gasteiger partial charge is 0.480 e. The van der Waals surface area contributed by atoms with Crippen LogP contribution in [-0.2, 0) is 52.8 Å². The topological polar surface area (TPSA) is 248 Å². The number of aromatic nitrogens is 1. The molecule has 0 radical (unpaired) electrons. The highest BCUT2D eigenvalue weighted by Gasteiger charge is 2.39. The van der Waals surface area contributed by atoms with Crippen LogP contribution in [0.4, 0.5) is 0 Å². The van der Waals surface area contributed by atoms with Crippen molar-refractivity contribution < 1.29 is 43.8 Å². The van der Waals surface area contributed by atoms with Crippen LogP contribution in [-0.4, -0.2) is 99.5 Å². The Bertz CT molecular complexity index is 2370. The van der Waals surface area contributed by atoms with Gasteiger partial charge in [0.2, 0.25) is 35.4 Å². The van der Waals surface area contributed by atoms with Crippen molar-refractivity contribution in [1.29, 1.82) is 0 Å². The molecule has 5 rings (SSSR count). The Morgan fingerprint density at radius 2 is 1.13 bits per heavy atom. The van der Waals surface area contributed by atoms with E-state index in [9.17, 15) is 43.8 Å². The van der Waals surface area contributed by atoms with E-state index in [1.54, 1.807) is 20.0 Å². The third-order valence-corrected chi connectivity index (χ3v) is 13.1. The standard InChI is InChI=1S/C52H69N7O9/c1-8-30(5)44(49(64)57-42(52(67)68)27-35-28-53-39-21-15-14-18-36(35)39)59-50(65)45(31(6)9-2)58-47(62)40(24-25-60)55-48(63)41(26-29(3)4)56-51(66)46(54-32(7)61)43-37-19-12-10-16-33(37)22-23-34-17-11-13-20-38(34)43/h10-21,28-31,40-46,53,60H,8-9,22-27H2,1-7H3,(H,54,61)(H,55,63)(H,56,66)(H,57,64)(H,58,62)(H,59,65)(H,67,68)/t30-,31-,40-,41-,42-,44-,45-,46+/m0/s1. The van der Waals surface area contributed by atoms with Gasteiger partial charge in [0.15, 0.2) is 0 Å². The highest BCUT2D eigenvalue weighted by molar-refractivity contribution is 5.97. The SMILES string of the molecule is CC[C@H](C)[C@H](NC(=O)[C@H](CCO)NC(=O)[C@H](CC(C)C)NC(=O)[C@H](NC(C)=O)C1c2ccccc2CCc2ccccc21)C(=O)N[C@H](C(=O)N[C@@H](Cc1c[nH]c2ccccc12)C(=O)O)[C@@H](C)CC. The molecule has 1 aliphatic rings. The molecule has 0 aliphatic heterocycles. The van der Waals surface area contributed by atoms with Crippen LogP contribution in [0.5, 0.6) is 0 Å². The number of hydrogen-bond donors (Lipinski definition) is 9. The third kappa shape index (κ3) is 13.3. The summed E-state index contributed by atoms with van der Waals surface area (Å²) >= 11 is 0. The van der Waals surface area contributed by atoms with Crippen LogP contribution >= 0.6 is 0 Å². The lowest BCUT2D eigenvalue weighted by Gasteiger charge is -2.32. The second-order valence-corrected chi connectivity index (χ2v) is 18.5. The summed E-state index contributed by atoms with van der Waals surface area (Å²) < 4.78 is 0. The van der Waals surface area contributed by atoms with E-state index >= 15 is 0 Å². The number of aliphatic hydroxyl groups is 1. The molecule has 16 heteroatoms. The summed E-state index contributed by atoms with van der Waals surface area (Å²) in [6.45, 7) is 11.7. The Kier molecular flexibility index (Phi) is 18.9. The number of amides is 6. The fourth-order valence-electron chi connectivity index (χ4n) is 8.96. The third-order valence-electron chi connectivity index (χ3n) is 13.1. The van der Waals surface area contributed by atoms with Gasteiger partial charge in [0.1, 0.15) is 36.3 Å². The number of aryl methyl sites for hydroxylation is 2. The number of rotatable bonds is 23. The van der Waals surface area contributed by atoms with Gasteiger partial charge in [-0.2, -0.15) is 0 Å². The molecule has 16 nitrogen and oxygen atoms in total. The van der Waals surface area contributed by atoms with Crippen LogP contribution < -0.4 is 31.9 Å². The molecule has 1 aliphatic carbocycles. The van der Waals surface area contributed by atoms with Crippen LogP contribution in [0.15, 0.2) is 79.0 Å². The molecule has 3 aromatic carbocycles. The second-order valence-electron chi connectivity index (χ2n) is 18.5. The Labute approximate surface area is 398 Å². The lowest BCUT2D eigenvalue weighted by Crippen LogP contribution is -2.61. The first-order valence-electron chi connectivity index (χ1n) is 23.8. The summed E-state index contributed by atoms with van der Waals surface area (Å²) in [5.41, 5.74) is 5.37. The van der Waals surface area contributed by atoms with Crippen molar-refractivity contribution in [1.82, 2.24) is 36.9 Å². The highest BCUT2D eigenvalue weighted by Crippen LogP contribution is 2.37. The number of aliphatic hydroxyl groups excluding tert-OH is 1. The molecule has 6 amide bonds. The Hall–Kier alpha value is -6.55. The molecule has 0 fully saturated rings. The fraction of sp³-hybridized carbons (Fsp3) is 0.481. The van der Waals surface area contributed by atoms with E-state index in [0.29, 0.717) is 18.4 Å². The van der Waals surface area contributed by atoms with Gasteiger partial charge < -0.3 is 47.1 Å². The number of carbonyl (C=O) groups excluding carboxylic acids is 6. The van der Waals surface area contributed by atoms with Gasteiger partial charge in [-0.05, 0) is 77.3 Å². The number of hydrogen-bond acceptors (Lipinski definition) is 8. The van der Waals surface area contributed by atoms with Gasteiger partial charge in [-0.25, -0.2) is 4.79 Å². The minimum Gasteiger partial charge on any atom is -0.480 e. The number of H-pyrrole nitrogens is 1. The maximum Gasteiger partial charge on any atom is 0.326 e. The number of carboxylic acid groups (broad SMARTS) is 1. The molecule has 0 unspecified atom stereocenters. The number of aromatic amines is 1. The normalized spacial score (nSPS) is 16.0. The molecule has 0 saturated carbocycles. The van der Waals surface area contributed by atoms with Crippen molar-refractivity contribution in [3.05, 3.63) is 107 Å². The summed E-state index contributed by atoms with van der Waals surface area (Å²) in [5, 5.41) is 37.7. The zero-order valence-electron chi connectivity index (χ0n) is 40.2. The quantitative estimate of drug-likeness (QED) is 0.0517. The van der Waals surface area contributed by atoms with Gasteiger partial charge in [0.25, 0.3) is 0 Å². The minimum absolute atomic E-state index is 0.0169. The summed E-state index contributed by atoms with van der Waals surface area (Å²) in [4.78, 5) is 99.5. The van der Waals surface area contributed by atoms with Gasteiger partial charge in [0.05, 0.1) is 0 Å². The first-order chi connectivity index (χ1) is 32.5. The van der Waals surface area contributed by atoms with E-state index in [4.69, 9.17) is 0 Å². The number of benzene rings is 3. The van der Waals surface area contributed by atoms with E-state index < -0.39 is 102 Å². The lowest BCUT2D eigenvalue weighted by molar-refractivity contribution is -0.142. The summed E-state index contributed by atoms with van der Waals surface area (Å²) in [6.07, 6.45) is 3.96. The van der Waals surface area contributed by atoms with Crippen molar-refractivity contribution in [2.75, 3.05) is 6.61 Å². The van der Waals surface area contributed by atoms with E-state index in [1.807, 2.05) is 100 Å². The number of carboxylic acids is 1. The number of nitrogens with one attached hydrogen (secondary N) is 7. The summed E-state index contributed by atoms with van der Waals surface area (Å²) in [5.74, 6) is -6.77. The Morgan fingerprint density at radius 3 is 1.68 bits per heavy atom. The van der Waals surface area contributed by atoms with Gasteiger partial charge >= 0.3 is 5.97 Å². The molecule has 366 valence electrons. The van der Waals surface area contributed by atoms with Crippen molar-refractivity contribution in [3.63, 3.8) is 0 Å². The molecular formula is C52H69N7O9. The predicted molar refractivity (Wildman–Crippen MR) is 259 cm³/mol. The monoisotopic (exact) mass is 936 g/mol. The van der Waals surface area contributed by atoms with Gasteiger partial charge in [-0.3, -0.25) is 28.8 Å². The van der Waals surface area contributed by atoms with Crippen LogP contribution in [0.2, 0.25) is 0 Å². The van der Waals surface area contributed by atoms with E-state index in [2.05, 4.69) is 36.9 Å². The molecule has 0 bridgehead atoms. The van der Waals surface area contributed by atoms with Gasteiger partial charge in [0, 0.05) is 43.0 Å². The summed E-state index contributed by atoms with van der Waals surface area (Å²) in [6, 6.07) is 15.7. The lowest BCUT2D eigenvalue weighted by atomic mass is 9.82. The predicted octanol–water partition coefficient (Wildman–Crippen LogP) is 4.18. The zero-order valence-corrected chi connectivity index (χ0v) is 40.2. The highest BCUT2D eigenvalue weighted by atomic mass is 16.4. The van der Waals surface area contributed by atoms with Crippen molar-refractivity contribution in [2.24, 2.45) is 17.8 Å². The van der Waals surface area contributed by atoms with Crippen LogP contribution in [0.1, 0.15) is 108 Å². The average Bonchev–Trinajstić information content (AvgIpc) is 3.64. The minimum atomic E-state index is -1.35. The molecule has 0 saturated heterocycles. The smallest absolute Gasteiger partial charge is 0.326 e. The summed E-state index contributed by atoms with van der Waals surface area (Å²) in [7, 11) is 0. The molecule has 8 atom stereocenters. The van der Waals surface area contributed by atoms with Crippen LogP contribution in [0.25, 0.3) is 10.9 Å². The average molecular weight is 936 g/mol. The number of para-hydroxylation sites is 1. The van der Waals surface area contributed by atoms with Crippen LogP contribution in [0.3, 0.4) is 0 Å². The Morgan fingerprint density at radius 1 is 0.632 bits per heavy atom. The maximum atomic E-state index is 14.6. The van der Waals surface area contributed by atoms with Crippen molar-refractivity contribution >= 4 is 52.3 Å². The number of aliphatic carboxylic acids is 1. The fourth-order valence-corrected chi connectivity index (χ4v) is 8.96. The molecule has 1 heterocycles. The van der Waals surface area contributed by atoms with Crippen molar-refractivity contribution in [3.8, 4) is 0 Å². The zero-order chi connectivity index (χ0) is 49.7. The first-order valence-corrected chi connectivity index (χ1v) is 23.8. The molecule has 4 aromatic rings. The maximum absolute atomic E-state index is 14.6.